The van der Waals surface area contributed by atoms with Crippen LogP contribution in [-0.4, -0.2) is 17.6 Å². The van der Waals surface area contributed by atoms with Gasteiger partial charge in [-0.2, -0.15) is 5.26 Å². The molecule has 0 aliphatic heterocycles. The molecule has 118 valence electrons. The number of oxazole rings is 1. The molecule has 0 aliphatic carbocycles. The first-order valence-electron chi connectivity index (χ1n) is 7.47. The lowest BCUT2D eigenvalue weighted by Gasteiger charge is -2.00. The smallest absolute Gasteiger partial charge is 0.361 e. The summed E-state index contributed by atoms with van der Waals surface area (Å²) < 4.78 is 10.9. The molecule has 0 saturated heterocycles. The summed E-state index contributed by atoms with van der Waals surface area (Å²) in [4.78, 5) is 16.5. The van der Waals surface area contributed by atoms with Gasteiger partial charge in [-0.3, -0.25) is 0 Å². The second kappa shape index (κ2) is 6.80. The minimum Gasteiger partial charge on any atom is -0.461 e. The minimum absolute atomic E-state index is 0.141. The molecule has 3 rings (SSSR count). The van der Waals surface area contributed by atoms with Crippen LogP contribution in [0.4, 0.5) is 0 Å². The van der Waals surface area contributed by atoms with E-state index in [2.05, 4.69) is 11.1 Å². The number of ether oxygens (including phenoxy) is 1. The normalized spacial score (nSPS) is 10.2. The van der Waals surface area contributed by atoms with Crippen molar-refractivity contribution < 1.29 is 13.9 Å². The van der Waals surface area contributed by atoms with Crippen LogP contribution < -0.4 is 0 Å². The van der Waals surface area contributed by atoms with Crippen molar-refractivity contribution in [3.8, 4) is 28.8 Å². The largest absolute Gasteiger partial charge is 0.461 e. The average Bonchev–Trinajstić information content (AvgIpc) is 3.08. The van der Waals surface area contributed by atoms with Crippen LogP contribution in [0.15, 0.2) is 59.0 Å². The molecule has 2 aromatic carbocycles. The lowest BCUT2D eigenvalue weighted by atomic mass is 10.1. The Labute approximate surface area is 139 Å². The lowest BCUT2D eigenvalue weighted by Crippen LogP contribution is -2.06. The number of carbonyl (C=O) groups excluding carboxylic acids is 1. The summed E-state index contributed by atoms with van der Waals surface area (Å²) in [7, 11) is 0. The molecule has 0 aliphatic rings. The van der Waals surface area contributed by atoms with E-state index in [0.717, 1.165) is 5.56 Å². The van der Waals surface area contributed by atoms with Crippen LogP contribution in [0.5, 0.6) is 0 Å². The van der Waals surface area contributed by atoms with E-state index >= 15 is 0 Å². The lowest BCUT2D eigenvalue weighted by molar-refractivity contribution is 0.0520. The van der Waals surface area contributed by atoms with Crippen molar-refractivity contribution in [2.75, 3.05) is 6.61 Å². The van der Waals surface area contributed by atoms with Crippen molar-refractivity contribution in [3.05, 3.63) is 65.9 Å². The summed E-state index contributed by atoms with van der Waals surface area (Å²) in [5, 5.41) is 8.88. The average molecular weight is 318 g/mol. The number of aromatic nitrogens is 1. The molecule has 0 saturated carbocycles. The quantitative estimate of drug-likeness (QED) is 0.678. The van der Waals surface area contributed by atoms with Crippen molar-refractivity contribution >= 4 is 5.97 Å². The zero-order valence-electron chi connectivity index (χ0n) is 13.0. The van der Waals surface area contributed by atoms with E-state index in [-0.39, 0.29) is 12.3 Å². The maximum absolute atomic E-state index is 12.2. The van der Waals surface area contributed by atoms with E-state index in [1.54, 1.807) is 31.2 Å². The van der Waals surface area contributed by atoms with Crippen molar-refractivity contribution in [2.24, 2.45) is 0 Å². The molecule has 0 unspecified atom stereocenters. The Morgan fingerprint density at radius 3 is 2.46 bits per heavy atom. The standard InChI is InChI=1S/C19H14N2O3/c1-2-23-19(22)16-17(14-6-4-3-5-7-14)24-18(21-16)15-10-8-13(12-20)9-11-15/h3-11H,2H2,1H3. The Bertz CT molecular complexity index is 891. The van der Waals surface area contributed by atoms with Gasteiger partial charge in [-0.25, -0.2) is 9.78 Å². The topological polar surface area (TPSA) is 76.1 Å². The van der Waals surface area contributed by atoms with Crippen LogP contribution >= 0.6 is 0 Å². The molecule has 5 heteroatoms. The third-order valence-electron chi connectivity index (χ3n) is 3.39. The molecule has 1 heterocycles. The van der Waals surface area contributed by atoms with Crippen LogP contribution in [0.1, 0.15) is 23.0 Å². The fraction of sp³-hybridized carbons (Fsp3) is 0.105. The van der Waals surface area contributed by atoms with Gasteiger partial charge in [-0.15, -0.1) is 0 Å². The molecule has 0 amide bonds. The Morgan fingerprint density at radius 2 is 1.83 bits per heavy atom. The molecule has 1 aromatic heterocycles. The molecule has 24 heavy (non-hydrogen) atoms. The van der Waals surface area contributed by atoms with Crippen LogP contribution in [0.25, 0.3) is 22.8 Å². The zero-order valence-corrected chi connectivity index (χ0v) is 13.0. The molecule has 0 bridgehead atoms. The Kier molecular flexibility index (Phi) is 4.39. The molecule has 0 spiro atoms. The highest BCUT2D eigenvalue weighted by Crippen LogP contribution is 2.30. The fourth-order valence-electron chi connectivity index (χ4n) is 2.25. The van der Waals surface area contributed by atoms with Crippen LogP contribution in [0.2, 0.25) is 0 Å². The SMILES string of the molecule is CCOC(=O)c1nc(-c2ccc(C#N)cc2)oc1-c1ccccc1. The Balaban J connectivity index is 2.08. The van der Waals surface area contributed by atoms with Gasteiger partial charge in [0, 0.05) is 11.1 Å². The summed E-state index contributed by atoms with van der Waals surface area (Å²) in [5.74, 6) is 0.148. The van der Waals surface area contributed by atoms with Crippen molar-refractivity contribution in [1.82, 2.24) is 4.98 Å². The highest BCUT2D eigenvalue weighted by molar-refractivity contribution is 5.94. The highest BCUT2D eigenvalue weighted by atomic mass is 16.5. The maximum atomic E-state index is 12.2. The molecular weight excluding hydrogens is 304 g/mol. The van der Waals surface area contributed by atoms with Gasteiger partial charge in [0.15, 0.2) is 11.5 Å². The minimum atomic E-state index is -0.528. The summed E-state index contributed by atoms with van der Waals surface area (Å²) in [6.07, 6.45) is 0. The van der Waals surface area contributed by atoms with Gasteiger partial charge in [-0.1, -0.05) is 30.3 Å². The molecule has 0 atom stereocenters. The first kappa shape index (κ1) is 15.5. The van der Waals surface area contributed by atoms with Gasteiger partial charge < -0.3 is 9.15 Å². The second-order valence-electron chi connectivity index (χ2n) is 4.97. The number of rotatable bonds is 4. The number of hydrogen-bond donors (Lipinski definition) is 0. The van der Waals surface area contributed by atoms with Gasteiger partial charge in [0.05, 0.1) is 18.2 Å². The predicted octanol–water partition coefficient (Wildman–Crippen LogP) is 4.06. The number of nitriles is 1. The van der Waals surface area contributed by atoms with Gasteiger partial charge >= 0.3 is 5.97 Å². The van der Waals surface area contributed by atoms with Gasteiger partial charge in [-0.05, 0) is 31.2 Å². The van der Waals surface area contributed by atoms with Gasteiger partial charge in [0.1, 0.15) is 0 Å². The number of nitrogens with zero attached hydrogens (tertiary/aromatic N) is 2. The Hall–Kier alpha value is -3.39. The summed E-state index contributed by atoms with van der Waals surface area (Å²) >= 11 is 0. The molecule has 0 fully saturated rings. The summed E-state index contributed by atoms with van der Waals surface area (Å²) in [6.45, 7) is 1.99. The third kappa shape index (κ3) is 3.03. The van der Waals surface area contributed by atoms with Crippen molar-refractivity contribution in [1.29, 1.82) is 5.26 Å². The van der Waals surface area contributed by atoms with E-state index in [1.165, 1.54) is 0 Å². The van der Waals surface area contributed by atoms with Crippen molar-refractivity contribution in [2.45, 2.75) is 6.92 Å². The Morgan fingerprint density at radius 1 is 1.12 bits per heavy atom. The number of esters is 1. The number of hydrogen-bond acceptors (Lipinski definition) is 5. The van der Waals surface area contributed by atoms with E-state index in [4.69, 9.17) is 14.4 Å². The summed E-state index contributed by atoms with van der Waals surface area (Å²) in [6, 6.07) is 18.1. The van der Waals surface area contributed by atoms with E-state index in [1.807, 2.05) is 30.3 Å². The van der Waals surface area contributed by atoms with E-state index in [9.17, 15) is 4.79 Å². The molecular formula is C19H14N2O3. The first-order valence-corrected chi connectivity index (χ1v) is 7.47. The number of carbonyl (C=O) groups is 1. The van der Waals surface area contributed by atoms with Gasteiger partial charge in [0.25, 0.3) is 0 Å². The highest BCUT2D eigenvalue weighted by Gasteiger charge is 2.23. The van der Waals surface area contributed by atoms with Crippen LogP contribution in [-0.2, 0) is 4.74 Å². The summed E-state index contributed by atoms with van der Waals surface area (Å²) in [5.41, 5.74) is 2.11. The second-order valence-corrected chi connectivity index (χ2v) is 4.97. The predicted molar refractivity (Wildman–Crippen MR) is 88.0 cm³/mol. The third-order valence-corrected chi connectivity index (χ3v) is 3.39. The zero-order chi connectivity index (χ0) is 16.9. The molecule has 0 radical (unpaired) electrons. The number of benzene rings is 2. The van der Waals surface area contributed by atoms with Crippen molar-refractivity contribution in [3.63, 3.8) is 0 Å². The first-order chi connectivity index (χ1) is 11.7. The molecule has 0 N–H and O–H groups in total. The monoisotopic (exact) mass is 318 g/mol. The van der Waals surface area contributed by atoms with Crippen LogP contribution in [0.3, 0.4) is 0 Å². The molecule has 3 aromatic rings. The maximum Gasteiger partial charge on any atom is 0.361 e. The van der Waals surface area contributed by atoms with E-state index < -0.39 is 5.97 Å². The van der Waals surface area contributed by atoms with Crippen LogP contribution in [0, 0.1) is 11.3 Å². The van der Waals surface area contributed by atoms with E-state index in [0.29, 0.717) is 22.8 Å². The molecule has 5 nitrogen and oxygen atoms in total. The fourth-order valence-corrected chi connectivity index (χ4v) is 2.25. The van der Waals surface area contributed by atoms with Gasteiger partial charge in [0.2, 0.25) is 5.89 Å².